The molecule has 1 unspecified atom stereocenters. The Bertz CT molecular complexity index is 514. The molecule has 0 bridgehead atoms. The number of nitrogens with zero attached hydrogens (tertiary/aromatic N) is 1. The van der Waals surface area contributed by atoms with E-state index in [4.69, 9.17) is 5.73 Å². The Hall–Kier alpha value is -0.780. The number of ketones is 1. The van der Waals surface area contributed by atoms with Crippen LogP contribution in [0.4, 0.5) is 5.69 Å². The Morgan fingerprint density at radius 2 is 2.37 bits per heavy atom. The van der Waals surface area contributed by atoms with Gasteiger partial charge in [0.25, 0.3) is 0 Å². The minimum atomic E-state index is 0.0794. The van der Waals surface area contributed by atoms with Gasteiger partial charge in [-0.1, -0.05) is 13.0 Å². The quantitative estimate of drug-likeness (QED) is 0.864. The molecule has 2 N–H and O–H groups in total. The maximum Gasteiger partial charge on any atom is 0.159 e. The van der Waals surface area contributed by atoms with E-state index in [1.54, 1.807) is 30.4 Å². The largest absolute Gasteiger partial charge is 0.327 e. The molecule has 0 aliphatic carbocycles. The van der Waals surface area contributed by atoms with Crippen LogP contribution in [0.1, 0.15) is 30.6 Å². The van der Waals surface area contributed by atoms with Crippen molar-refractivity contribution in [2.75, 3.05) is 11.5 Å². The number of rotatable bonds is 4. The smallest absolute Gasteiger partial charge is 0.159 e. The lowest BCUT2D eigenvalue weighted by atomic mass is 10.1. The summed E-state index contributed by atoms with van der Waals surface area (Å²) < 4.78 is 0. The van der Waals surface area contributed by atoms with Crippen LogP contribution < -0.4 is 5.73 Å². The Morgan fingerprint density at radius 1 is 1.58 bits per heavy atom. The van der Waals surface area contributed by atoms with Crippen LogP contribution >= 0.6 is 23.5 Å². The molecule has 1 aliphatic heterocycles. The van der Waals surface area contributed by atoms with E-state index in [9.17, 15) is 4.79 Å². The molecule has 19 heavy (non-hydrogen) atoms. The van der Waals surface area contributed by atoms with E-state index in [1.165, 1.54) is 0 Å². The van der Waals surface area contributed by atoms with Gasteiger partial charge in [-0.25, -0.2) is 4.99 Å². The van der Waals surface area contributed by atoms with Gasteiger partial charge in [-0.05, 0) is 25.5 Å². The van der Waals surface area contributed by atoms with E-state index in [-0.39, 0.29) is 11.8 Å². The molecule has 5 heteroatoms. The molecular formula is C14H18N2OS2. The topological polar surface area (TPSA) is 55.4 Å². The van der Waals surface area contributed by atoms with Crippen molar-refractivity contribution in [1.29, 1.82) is 0 Å². The predicted molar refractivity (Wildman–Crippen MR) is 85.0 cm³/mol. The van der Waals surface area contributed by atoms with E-state index in [0.717, 1.165) is 39.1 Å². The number of benzene rings is 1. The van der Waals surface area contributed by atoms with Crippen LogP contribution in [0.3, 0.4) is 0 Å². The molecule has 0 radical (unpaired) electrons. The van der Waals surface area contributed by atoms with Crippen molar-refractivity contribution in [3.63, 3.8) is 0 Å². The molecule has 0 saturated carbocycles. The van der Waals surface area contributed by atoms with Crippen molar-refractivity contribution in [2.24, 2.45) is 10.7 Å². The molecule has 0 saturated heterocycles. The fraction of sp³-hybridized carbons (Fsp3) is 0.429. The standard InChI is InChI=1S/C14H18N2OS2/c1-3-11(15)7-19-14-8-18-13-5-4-10(9(2)17)6-12(13)16-14/h4-6,11H,3,7-8,15H2,1-2H3. The van der Waals surface area contributed by atoms with Gasteiger partial charge in [0.05, 0.1) is 10.7 Å². The average Bonchev–Trinajstić information content (AvgIpc) is 2.43. The monoisotopic (exact) mass is 294 g/mol. The van der Waals surface area contributed by atoms with Crippen LogP contribution in [-0.4, -0.2) is 28.4 Å². The molecule has 0 aromatic heterocycles. The van der Waals surface area contributed by atoms with Crippen LogP contribution in [0, 0.1) is 0 Å². The van der Waals surface area contributed by atoms with Gasteiger partial charge in [0, 0.05) is 28.0 Å². The molecule has 0 spiro atoms. The van der Waals surface area contributed by atoms with Crippen molar-refractivity contribution in [1.82, 2.24) is 0 Å². The van der Waals surface area contributed by atoms with Gasteiger partial charge in [0.15, 0.2) is 5.78 Å². The van der Waals surface area contributed by atoms with Gasteiger partial charge in [-0.3, -0.25) is 4.79 Å². The first-order valence-corrected chi connectivity index (χ1v) is 8.31. The predicted octanol–water partition coefficient (Wildman–Crippen LogP) is 3.50. The molecule has 1 aromatic carbocycles. The first kappa shape index (κ1) is 14.6. The molecule has 0 fully saturated rings. The van der Waals surface area contributed by atoms with Crippen LogP contribution in [0.5, 0.6) is 0 Å². The number of carbonyl (C=O) groups excluding carboxylic acids is 1. The maximum absolute atomic E-state index is 11.4. The lowest BCUT2D eigenvalue weighted by Gasteiger charge is -2.16. The van der Waals surface area contributed by atoms with Crippen molar-refractivity contribution in [2.45, 2.75) is 31.2 Å². The number of aliphatic imine (C=N–C) groups is 1. The van der Waals surface area contributed by atoms with Crippen molar-refractivity contribution < 1.29 is 4.79 Å². The normalized spacial score (nSPS) is 15.6. The summed E-state index contributed by atoms with van der Waals surface area (Å²) in [5, 5.41) is 1.10. The van der Waals surface area contributed by atoms with Crippen LogP contribution in [0.25, 0.3) is 0 Å². The zero-order valence-electron chi connectivity index (χ0n) is 11.2. The third-order valence-electron chi connectivity index (χ3n) is 2.95. The summed E-state index contributed by atoms with van der Waals surface area (Å²) in [4.78, 5) is 17.2. The number of thioether (sulfide) groups is 2. The molecule has 1 heterocycles. The van der Waals surface area contributed by atoms with Gasteiger partial charge in [-0.2, -0.15) is 0 Å². The number of carbonyl (C=O) groups is 1. The third-order valence-corrected chi connectivity index (χ3v) is 5.37. The van der Waals surface area contributed by atoms with Crippen LogP contribution in [0.2, 0.25) is 0 Å². The van der Waals surface area contributed by atoms with E-state index in [2.05, 4.69) is 11.9 Å². The average molecular weight is 294 g/mol. The molecule has 0 amide bonds. The van der Waals surface area contributed by atoms with Crippen molar-refractivity contribution in [3.05, 3.63) is 23.8 Å². The van der Waals surface area contributed by atoms with Gasteiger partial charge in [-0.15, -0.1) is 23.5 Å². The zero-order chi connectivity index (χ0) is 13.8. The van der Waals surface area contributed by atoms with Gasteiger partial charge >= 0.3 is 0 Å². The molecule has 1 aromatic rings. The van der Waals surface area contributed by atoms with E-state index in [0.29, 0.717) is 0 Å². The van der Waals surface area contributed by atoms with Gasteiger partial charge < -0.3 is 5.73 Å². The Kier molecular flexibility index (Phi) is 5.07. The Labute approximate surface area is 122 Å². The molecule has 1 atom stereocenters. The third kappa shape index (κ3) is 3.84. The lowest BCUT2D eigenvalue weighted by Crippen LogP contribution is -2.22. The summed E-state index contributed by atoms with van der Waals surface area (Å²) in [5.74, 6) is 1.88. The highest BCUT2D eigenvalue weighted by Gasteiger charge is 2.15. The van der Waals surface area contributed by atoms with E-state index in [1.807, 2.05) is 18.2 Å². The fourth-order valence-corrected chi connectivity index (χ4v) is 3.72. The van der Waals surface area contributed by atoms with Crippen LogP contribution in [-0.2, 0) is 0 Å². The number of nitrogens with two attached hydrogens (primary N) is 1. The number of hydrogen-bond acceptors (Lipinski definition) is 5. The second-order valence-corrected chi connectivity index (χ2v) is 6.62. The van der Waals surface area contributed by atoms with Gasteiger partial charge in [0.2, 0.25) is 0 Å². The second-order valence-electron chi connectivity index (χ2n) is 4.51. The van der Waals surface area contributed by atoms with E-state index < -0.39 is 0 Å². The first-order chi connectivity index (χ1) is 9.10. The first-order valence-electron chi connectivity index (χ1n) is 6.34. The molecule has 1 aliphatic rings. The van der Waals surface area contributed by atoms with Gasteiger partial charge in [0.1, 0.15) is 0 Å². The Morgan fingerprint density at radius 3 is 3.05 bits per heavy atom. The van der Waals surface area contributed by atoms with E-state index >= 15 is 0 Å². The number of hydrogen-bond donors (Lipinski definition) is 1. The second kappa shape index (κ2) is 6.59. The Balaban J connectivity index is 2.14. The van der Waals surface area contributed by atoms with Crippen LogP contribution in [0.15, 0.2) is 28.1 Å². The lowest BCUT2D eigenvalue weighted by molar-refractivity contribution is 0.101. The number of fused-ring (bicyclic) bond motifs is 1. The molecule has 2 rings (SSSR count). The SMILES string of the molecule is CCC(N)CSC1=Nc2cc(C(C)=O)ccc2SC1. The number of Topliss-reactive ketones (excluding diaryl/α,β-unsaturated/α-hetero) is 1. The highest BCUT2D eigenvalue weighted by molar-refractivity contribution is 8.16. The maximum atomic E-state index is 11.4. The molecular weight excluding hydrogens is 276 g/mol. The van der Waals surface area contributed by atoms with Crippen molar-refractivity contribution in [3.8, 4) is 0 Å². The summed E-state index contributed by atoms with van der Waals surface area (Å²) in [7, 11) is 0. The summed E-state index contributed by atoms with van der Waals surface area (Å²) in [5.41, 5.74) is 7.56. The highest BCUT2D eigenvalue weighted by Crippen LogP contribution is 2.36. The summed E-state index contributed by atoms with van der Waals surface area (Å²) in [6, 6.07) is 5.96. The zero-order valence-corrected chi connectivity index (χ0v) is 12.8. The minimum absolute atomic E-state index is 0.0794. The minimum Gasteiger partial charge on any atom is -0.327 e. The molecule has 3 nitrogen and oxygen atoms in total. The van der Waals surface area contributed by atoms with Crippen molar-refractivity contribution >= 4 is 40.0 Å². The highest BCUT2D eigenvalue weighted by atomic mass is 32.2. The molecule has 102 valence electrons. The summed E-state index contributed by atoms with van der Waals surface area (Å²) in [6.45, 7) is 3.68. The summed E-state index contributed by atoms with van der Waals surface area (Å²) >= 11 is 3.50. The summed E-state index contributed by atoms with van der Waals surface area (Å²) in [6.07, 6.45) is 0.985. The fourth-order valence-electron chi connectivity index (χ4n) is 1.65.